The molecule has 0 aliphatic rings. The standard InChI is InChI=1S/6C19H40/c6*1-3-5-7-9-11-13-15-17-19-18-16-14-12-10-8-6-4-2/h6*3-19H2,1-2H3. The first-order valence-electron chi connectivity index (χ1n) is 56.5. The van der Waals surface area contributed by atoms with Crippen LogP contribution in [-0.2, 0) is 0 Å². The van der Waals surface area contributed by atoms with Crippen LogP contribution in [0.4, 0.5) is 0 Å². The van der Waals surface area contributed by atoms with E-state index in [0.29, 0.717) is 0 Å². The van der Waals surface area contributed by atoms with Gasteiger partial charge in [0.1, 0.15) is 0 Å². The smallest absolute Gasteiger partial charge is 0.0533 e. The molecule has 0 bridgehead atoms. The lowest BCUT2D eigenvalue weighted by atomic mass is 10.0. The summed E-state index contributed by atoms with van der Waals surface area (Å²) in [6.07, 6.45) is 149. The Hall–Kier alpha value is 0. The zero-order valence-corrected chi connectivity index (χ0v) is 84.1. The molecular weight excluding hydrogens is 1370 g/mol. The summed E-state index contributed by atoms with van der Waals surface area (Å²) in [5.41, 5.74) is 0. The number of rotatable bonds is 96. The second-order valence-corrected chi connectivity index (χ2v) is 37.8. The van der Waals surface area contributed by atoms with Crippen molar-refractivity contribution in [2.75, 3.05) is 0 Å². The van der Waals surface area contributed by atoms with Crippen molar-refractivity contribution < 1.29 is 0 Å². The Morgan fingerprint density at radius 2 is 0.0702 bits per heavy atom. The Labute approximate surface area is 733 Å². The van der Waals surface area contributed by atoms with Crippen LogP contribution in [0.5, 0.6) is 0 Å². The van der Waals surface area contributed by atoms with Gasteiger partial charge in [-0.2, -0.15) is 0 Å². The highest BCUT2D eigenvalue weighted by molar-refractivity contribution is 4.58. The van der Waals surface area contributed by atoms with Crippen molar-refractivity contribution in [3.05, 3.63) is 0 Å². The Kier molecular flexibility index (Phi) is 149. The zero-order valence-electron chi connectivity index (χ0n) is 84.1. The van der Waals surface area contributed by atoms with Crippen LogP contribution in [0.2, 0.25) is 0 Å². The van der Waals surface area contributed by atoms with E-state index in [-0.39, 0.29) is 0 Å². The normalized spacial score (nSPS) is 11.1. The van der Waals surface area contributed by atoms with Crippen molar-refractivity contribution in [3.63, 3.8) is 0 Å². The van der Waals surface area contributed by atoms with Gasteiger partial charge in [-0.15, -0.1) is 0 Å². The van der Waals surface area contributed by atoms with Gasteiger partial charge < -0.3 is 0 Å². The van der Waals surface area contributed by atoms with Crippen LogP contribution < -0.4 is 0 Å². The van der Waals surface area contributed by atoms with E-state index in [1.165, 1.54) is 655 Å². The fourth-order valence-corrected chi connectivity index (χ4v) is 16.8. The van der Waals surface area contributed by atoms with Crippen LogP contribution >= 0.6 is 0 Å². The second kappa shape index (κ2) is 136. The van der Waals surface area contributed by atoms with E-state index in [2.05, 4.69) is 83.1 Å². The summed E-state index contributed by atoms with van der Waals surface area (Å²) in [7, 11) is 0. The molecule has 0 aromatic heterocycles. The molecular formula is C114H240. The Morgan fingerprint density at radius 3 is 0.0965 bits per heavy atom. The highest BCUT2D eigenvalue weighted by Gasteiger charge is 2.02. The predicted octanol–water partition coefficient (Wildman–Crippen LogP) is 45.9. The van der Waals surface area contributed by atoms with E-state index < -0.39 is 0 Å². The van der Waals surface area contributed by atoms with Gasteiger partial charge in [0, 0.05) is 0 Å². The molecule has 0 heteroatoms. The van der Waals surface area contributed by atoms with Gasteiger partial charge in [0.25, 0.3) is 0 Å². The fraction of sp³-hybridized carbons (Fsp3) is 1.00. The minimum Gasteiger partial charge on any atom is -0.0654 e. The van der Waals surface area contributed by atoms with Gasteiger partial charge in [0.05, 0.1) is 0 Å². The van der Waals surface area contributed by atoms with Crippen molar-refractivity contribution in [1.29, 1.82) is 0 Å². The Morgan fingerprint density at radius 1 is 0.0439 bits per heavy atom. The maximum Gasteiger partial charge on any atom is -0.0533 e. The van der Waals surface area contributed by atoms with E-state index in [1.807, 2.05) is 0 Å². The maximum atomic E-state index is 2.30. The van der Waals surface area contributed by atoms with Gasteiger partial charge in [0.2, 0.25) is 0 Å². The molecule has 0 radical (unpaired) electrons. The van der Waals surface area contributed by atoms with E-state index in [0.717, 1.165) is 0 Å². The topological polar surface area (TPSA) is 0 Å². The summed E-state index contributed by atoms with van der Waals surface area (Å²) < 4.78 is 0. The van der Waals surface area contributed by atoms with Gasteiger partial charge >= 0.3 is 0 Å². The van der Waals surface area contributed by atoms with Gasteiger partial charge in [-0.25, -0.2) is 0 Å². The first-order chi connectivity index (χ1) is 56.5. The van der Waals surface area contributed by atoms with E-state index in [1.54, 1.807) is 0 Å². The molecule has 0 fully saturated rings. The first-order valence-corrected chi connectivity index (χ1v) is 56.5. The summed E-state index contributed by atoms with van der Waals surface area (Å²) in [5, 5.41) is 0. The summed E-state index contributed by atoms with van der Waals surface area (Å²) in [5.74, 6) is 0. The summed E-state index contributed by atoms with van der Waals surface area (Å²) >= 11 is 0. The van der Waals surface area contributed by atoms with Crippen LogP contribution in [-0.4, -0.2) is 0 Å². The molecule has 0 N–H and O–H groups in total. The Bertz CT molecular complexity index is 1000. The van der Waals surface area contributed by atoms with Crippen molar-refractivity contribution in [3.8, 4) is 0 Å². The fourth-order valence-electron chi connectivity index (χ4n) is 16.8. The summed E-state index contributed by atoms with van der Waals surface area (Å²) in [6.45, 7) is 27.5. The quantitative estimate of drug-likeness (QED) is 0.0533. The predicted molar refractivity (Wildman–Crippen MR) is 539 cm³/mol. The third-order valence-electron chi connectivity index (χ3n) is 25.2. The molecule has 0 aromatic carbocycles. The van der Waals surface area contributed by atoms with E-state index in [4.69, 9.17) is 0 Å². The Balaban J connectivity index is -0.000000307. The van der Waals surface area contributed by atoms with Gasteiger partial charge in [0.15, 0.2) is 0 Å². The number of hydrogen-bond acceptors (Lipinski definition) is 0. The van der Waals surface area contributed by atoms with Crippen molar-refractivity contribution in [1.82, 2.24) is 0 Å². The lowest BCUT2D eigenvalue weighted by molar-refractivity contribution is 0.529. The largest absolute Gasteiger partial charge is 0.0654 e. The average molecular weight is 1610 g/mol. The first kappa shape index (κ1) is 125. The molecule has 0 saturated carbocycles. The molecule has 0 aliphatic carbocycles. The highest BCUT2D eigenvalue weighted by atomic mass is 14.1. The molecule has 0 atom stereocenters. The van der Waals surface area contributed by atoms with Crippen molar-refractivity contribution >= 4 is 0 Å². The number of hydrogen-bond donors (Lipinski definition) is 0. The van der Waals surface area contributed by atoms with E-state index >= 15 is 0 Å². The summed E-state index contributed by atoms with van der Waals surface area (Å²) in [6, 6.07) is 0. The molecule has 0 heterocycles. The third kappa shape index (κ3) is 150. The number of unbranched alkanes of at least 4 members (excludes halogenated alkanes) is 96. The monoisotopic (exact) mass is 1610 g/mol. The van der Waals surface area contributed by atoms with Crippen molar-refractivity contribution in [2.45, 2.75) is 738 Å². The molecule has 0 aliphatic heterocycles. The molecule has 0 amide bonds. The minimum absolute atomic E-state index is 1.37. The molecule has 0 saturated heterocycles. The van der Waals surface area contributed by atoms with Crippen molar-refractivity contribution in [2.24, 2.45) is 0 Å². The molecule has 114 heavy (non-hydrogen) atoms. The summed E-state index contributed by atoms with van der Waals surface area (Å²) in [4.78, 5) is 0. The van der Waals surface area contributed by atoms with Crippen LogP contribution in [0.25, 0.3) is 0 Å². The van der Waals surface area contributed by atoms with Crippen LogP contribution in [0.15, 0.2) is 0 Å². The minimum atomic E-state index is 1.37. The molecule has 0 aromatic rings. The SMILES string of the molecule is CCCCCCCCCCCCCCCCCCC.CCCCCCCCCCCCCCCCCCC.CCCCCCCCCCCCCCCCCCC.CCCCCCCCCCCCCCCCCCC.CCCCCCCCCCCCCCCCCCC.CCCCCCCCCCCCCCCCCCC. The second-order valence-electron chi connectivity index (χ2n) is 37.8. The molecule has 0 nitrogen and oxygen atoms in total. The average Bonchev–Trinajstić information content (AvgIpc) is 2.58. The molecule has 0 unspecified atom stereocenters. The maximum absolute atomic E-state index is 2.30. The zero-order chi connectivity index (χ0) is 84.1. The van der Waals surface area contributed by atoms with E-state index in [9.17, 15) is 0 Å². The van der Waals surface area contributed by atoms with Gasteiger partial charge in [-0.3, -0.25) is 0 Å². The molecule has 0 spiro atoms. The lowest BCUT2D eigenvalue weighted by Crippen LogP contribution is -1.83. The van der Waals surface area contributed by atoms with Gasteiger partial charge in [-0.1, -0.05) is 738 Å². The van der Waals surface area contributed by atoms with Gasteiger partial charge in [-0.05, 0) is 0 Å². The highest BCUT2D eigenvalue weighted by Crippen LogP contribution is 2.22. The van der Waals surface area contributed by atoms with Crippen LogP contribution in [0.3, 0.4) is 0 Å². The van der Waals surface area contributed by atoms with Crippen LogP contribution in [0.1, 0.15) is 738 Å². The lowest BCUT2D eigenvalue weighted by Gasteiger charge is -2.03. The molecule has 0 rings (SSSR count). The molecule has 696 valence electrons. The van der Waals surface area contributed by atoms with Crippen LogP contribution in [0, 0.1) is 0 Å². The third-order valence-corrected chi connectivity index (χ3v) is 25.2.